The lowest BCUT2D eigenvalue weighted by molar-refractivity contribution is -0.390. The number of methoxy groups -OCH3 is 1. The van der Waals surface area contributed by atoms with Crippen LogP contribution in [0.4, 0.5) is 5.82 Å². The third-order valence-corrected chi connectivity index (χ3v) is 5.45. The number of rotatable bonds is 9. The number of carbonyl (C=O) groups excluding carboxylic acids is 1. The van der Waals surface area contributed by atoms with E-state index in [2.05, 4.69) is 36.5 Å². The van der Waals surface area contributed by atoms with Crippen LogP contribution in [0.3, 0.4) is 0 Å². The number of thioether (sulfide) groups is 1. The number of pyridine rings is 1. The molecule has 0 radical (unpaired) electrons. The average molecular weight is 505 g/mol. The molecule has 1 amide bonds. The summed E-state index contributed by atoms with van der Waals surface area (Å²) in [6.07, 6.45) is 4.61. The molecule has 160 valence electrons. The Labute approximate surface area is 190 Å². The van der Waals surface area contributed by atoms with Crippen molar-refractivity contribution in [3.05, 3.63) is 74.5 Å². The second-order valence-electron chi connectivity index (χ2n) is 6.08. The number of nitrogens with one attached hydrogen (secondary N) is 1. The minimum absolute atomic E-state index is 0.197. The van der Waals surface area contributed by atoms with Crippen molar-refractivity contribution < 1.29 is 14.5 Å². The third kappa shape index (κ3) is 6.36. The van der Waals surface area contributed by atoms with Crippen molar-refractivity contribution in [2.45, 2.75) is 17.3 Å². The Balaban J connectivity index is 1.60. The molecule has 3 aromatic rings. The van der Waals surface area contributed by atoms with E-state index in [0.29, 0.717) is 5.75 Å². The molecule has 0 spiro atoms. The number of nitrogens with zero attached hydrogens (tertiary/aromatic N) is 5. The second kappa shape index (κ2) is 10.7. The van der Waals surface area contributed by atoms with Crippen LogP contribution < -0.4 is 10.2 Å². The summed E-state index contributed by atoms with van der Waals surface area (Å²) in [5, 5.41) is 19.4. The maximum absolute atomic E-state index is 12.0. The number of hydrogen-bond donors (Lipinski definition) is 1. The molecule has 0 saturated heterocycles. The van der Waals surface area contributed by atoms with E-state index in [4.69, 9.17) is 4.74 Å². The first kappa shape index (κ1) is 22.4. The van der Waals surface area contributed by atoms with Gasteiger partial charge in [0.25, 0.3) is 5.91 Å². The molecule has 0 fully saturated rings. The van der Waals surface area contributed by atoms with Gasteiger partial charge in [0, 0.05) is 17.5 Å². The maximum Gasteiger partial charge on any atom is 0.404 e. The third-order valence-electron chi connectivity index (χ3n) is 3.90. The molecule has 0 atom stereocenters. The molecule has 31 heavy (non-hydrogen) atoms. The molecule has 3 rings (SSSR count). The fourth-order valence-corrected chi connectivity index (χ4v) is 3.83. The van der Waals surface area contributed by atoms with E-state index >= 15 is 0 Å². The van der Waals surface area contributed by atoms with Gasteiger partial charge in [0.05, 0.1) is 29.6 Å². The Morgan fingerprint density at radius 2 is 2.26 bits per heavy atom. The van der Waals surface area contributed by atoms with Gasteiger partial charge in [-0.3, -0.25) is 4.79 Å². The summed E-state index contributed by atoms with van der Waals surface area (Å²) in [7, 11) is 1.61. The SMILES string of the molecule is COc1ccc(C=NNC(=O)Cn2cc(Br)c([N+](=O)[O-])n2)cc1CSc1ccccn1. The maximum atomic E-state index is 12.0. The molecule has 1 aromatic carbocycles. The lowest BCUT2D eigenvalue weighted by Gasteiger charge is -2.09. The minimum Gasteiger partial charge on any atom is -0.496 e. The molecule has 0 saturated carbocycles. The van der Waals surface area contributed by atoms with E-state index in [1.165, 1.54) is 12.4 Å². The van der Waals surface area contributed by atoms with Gasteiger partial charge in [0.15, 0.2) is 0 Å². The van der Waals surface area contributed by atoms with Gasteiger partial charge in [-0.25, -0.2) is 10.4 Å². The summed E-state index contributed by atoms with van der Waals surface area (Å²) in [6, 6.07) is 11.3. The van der Waals surface area contributed by atoms with Crippen molar-refractivity contribution in [1.29, 1.82) is 0 Å². The zero-order valence-corrected chi connectivity index (χ0v) is 18.7. The number of nitro groups is 1. The molecule has 1 N–H and O–H groups in total. The Morgan fingerprint density at radius 1 is 1.42 bits per heavy atom. The highest BCUT2D eigenvalue weighted by atomic mass is 79.9. The van der Waals surface area contributed by atoms with Gasteiger partial charge in [-0.15, -0.1) is 11.8 Å². The molecule has 0 aliphatic heterocycles. The van der Waals surface area contributed by atoms with Crippen molar-refractivity contribution in [2.75, 3.05) is 7.11 Å². The van der Waals surface area contributed by atoms with E-state index in [1.807, 2.05) is 36.4 Å². The Kier molecular flexibility index (Phi) is 7.73. The fraction of sp³-hybridized carbons (Fsp3) is 0.158. The van der Waals surface area contributed by atoms with Gasteiger partial charge in [0.2, 0.25) is 0 Å². The highest BCUT2D eigenvalue weighted by Crippen LogP contribution is 2.27. The normalized spacial score (nSPS) is 10.9. The topological polar surface area (TPSA) is 125 Å². The molecule has 12 heteroatoms. The summed E-state index contributed by atoms with van der Waals surface area (Å²) < 4.78 is 6.77. The zero-order valence-electron chi connectivity index (χ0n) is 16.3. The predicted molar refractivity (Wildman–Crippen MR) is 119 cm³/mol. The number of halogens is 1. The van der Waals surface area contributed by atoms with Crippen LogP contribution in [0.15, 0.2) is 63.4 Å². The minimum atomic E-state index is -0.635. The van der Waals surface area contributed by atoms with Crippen LogP contribution >= 0.6 is 27.7 Å². The second-order valence-corrected chi connectivity index (χ2v) is 7.93. The van der Waals surface area contributed by atoms with Crippen molar-refractivity contribution in [2.24, 2.45) is 5.10 Å². The molecule has 0 aliphatic carbocycles. The average Bonchev–Trinajstić information content (AvgIpc) is 3.13. The smallest absolute Gasteiger partial charge is 0.404 e. The van der Waals surface area contributed by atoms with Gasteiger partial charge in [-0.2, -0.15) is 9.78 Å². The van der Waals surface area contributed by atoms with Crippen molar-refractivity contribution in [3.63, 3.8) is 0 Å². The first-order valence-electron chi connectivity index (χ1n) is 8.86. The summed E-state index contributed by atoms with van der Waals surface area (Å²) in [4.78, 5) is 26.5. The van der Waals surface area contributed by atoms with Gasteiger partial charge in [-0.05, 0) is 56.7 Å². The Morgan fingerprint density at radius 3 is 2.94 bits per heavy atom. The van der Waals surface area contributed by atoms with Crippen molar-refractivity contribution in [1.82, 2.24) is 20.2 Å². The monoisotopic (exact) mass is 504 g/mol. The number of aromatic nitrogens is 3. The molecule has 10 nitrogen and oxygen atoms in total. The van der Waals surface area contributed by atoms with Crippen LogP contribution in [0.1, 0.15) is 11.1 Å². The van der Waals surface area contributed by atoms with Gasteiger partial charge in [-0.1, -0.05) is 6.07 Å². The molecule has 0 aliphatic rings. The predicted octanol–water partition coefficient (Wildman–Crippen LogP) is 3.40. The van der Waals surface area contributed by atoms with Crippen molar-refractivity contribution in [3.8, 4) is 5.75 Å². The molecule has 0 unspecified atom stereocenters. The quantitative estimate of drug-likeness (QED) is 0.205. The molecule has 2 aromatic heterocycles. The summed E-state index contributed by atoms with van der Waals surface area (Å²) in [5.41, 5.74) is 4.12. The zero-order chi connectivity index (χ0) is 22.2. The van der Waals surface area contributed by atoms with Crippen LogP contribution in [-0.4, -0.2) is 38.9 Å². The lowest BCUT2D eigenvalue weighted by atomic mass is 10.1. The number of hydrogen-bond acceptors (Lipinski definition) is 8. The van der Waals surface area contributed by atoms with Crippen LogP contribution in [0.5, 0.6) is 5.75 Å². The van der Waals surface area contributed by atoms with E-state index in [-0.39, 0.29) is 16.8 Å². The molecule has 2 heterocycles. The number of ether oxygens (including phenoxy) is 1. The largest absolute Gasteiger partial charge is 0.496 e. The number of amides is 1. The van der Waals surface area contributed by atoms with Gasteiger partial charge < -0.3 is 14.9 Å². The lowest BCUT2D eigenvalue weighted by Crippen LogP contribution is -2.23. The van der Waals surface area contributed by atoms with E-state index in [9.17, 15) is 14.9 Å². The molecular formula is C19H17BrN6O4S. The first-order valence-corrected chi connectivity index (χ1v) is 10.6. The fourth-order valence-electron chi connectivity index (χ4n) is 2.53. The standard InChI is InChI=1S/C19H17BrN6O4S/c1-30-16-6-5-13(8-14(16)12-31-18-4-2-3-7-21-18)9-22-23-17(27)11-25-10-15(20)19(24-25)26(28)29/h2-10H,11-12H2,1H3,(H,23,27). The van der Waals surface area contributed by atoms with E-state index < -0.39 is 10.8 Å². The van der Waals surface area contributed by atoms with E-state index in [1.54, 1.807) is 25.1 Å². The van der Waals surface area contributed by atoms with Crippen LogP contribution in [0.2, 0.25) is 0 Å². The summed E-state index contributed by atoms with van der Waals surface area (Å²) in [5.74, 6) is 0.572. The van der Waals surface area contributed by atoms with Crippen LogP contribution in [-0.2, 0) is 17.1 Å². The van der Waals surface area contributed by atoms with Gasteiger partial charge in [0.1, 0.15) is 16.8 Å². The number of benzene rings is 1. The Hall–Kier alpha value is -3.25. The Bertz CT molecular complexity index is 1110. The number of hydrazone groups is 1. The van der Waals surface area contributed by atoms with E-state index in [0.717, 1.165) is 26.6 Å². The first-order chi connectivity index (χ1) is 15.0. The summed E-state index contributed by atoms with van der Waals surface area (Å²) >= 11 is 4.61. The van der Waals surface area contributed by atoms with Gasteiger partial charge >= 0.3 is 5.82 Å². The molecule has 0 bridgehead atoms. The molecular weight excluding hydrogens is 488 g/mol. The highest BCUT2D eigenvalue weighted by Gasteiger charge is 2.19. The van der Waals surface area contributed by atoms with Crippen molar-refractivity contribution >= 4 is 45.6 Å². The van der Waals surface area contributed by atoms with Crippen LogP contribution in [0, 0.1) is 10.1 Å². The summed E-state index contributed by atoms with van der Waals surface area (Å²) in [6.45, 7) is -0.210. The van der Waals surface area contributed by atoms with Crippen LogP contribution in [0.25, 0.3) is 0 Å². The number of carbonyl (C=O) groups is 1. The highest BCUT2D eigenvalue weighted by molar-refractivity contribution is 9.10.